The number of nitrogens with zero attached hydrogens (tertiary/aromatic N) is 3. The molecule has 0 unspecified atom stereocenters. The van der Waals surface area contributed by atoms with E-state index in [1.165, 1.54) is 11.3 Å². The highest BCUT2D eigenvalue weighted by Crippen LogP contribution is 2.26. The van der Waals surface area contributed by atoms with Gasteiger partial charge in [0.05, 0.1) is 11.7 Å². The summed E-state index contributed by atoms with van der Waals surface area (Å²) in [6.07, 6.45) is 1.04. The number of hydrogen-bond acceptors (Lipinski definition) is 4. The van der Waals surface area contributed by atoms with Crippen molar-refractivity contribution in [3.8, 4) is 0 Å². The summed E-state index contributed by atoms with van der Waals surface area (Å²) in [5.41, 5.74) is 8.59. The normalized spacial score (nSPS) is 22.5. The lowest BCUT2D eigenvalue weighted by molar-refractivity contribution is 0.299. The molecule has 1 fully saturated rings. The Labute approximate surface area is 89.2 Å². The van der Waals surface area contributed by atoms with E-state index >= 15 is 0 Å². The summed E-state index contributed by atoms with van der Waals surface area (Å²) in [6.45, 7) is 4.03. The molecule has 0 aromatic carbocycles. The predicted octanol–water partition coefficient (Wildman–Crippen LogP) is -0.402. The summed E-state index contributed by atoms with van der Waals surface area (Å²) in [5.74, 6) is 0.893. The van der Waals surface area contributed by atoms with Crippen LogP contribution in [0, 0.1) is 0 Å². The van der Waals surface area contributed by atoms with Gasteiger partial charge in [0.2, 0.25) is 0 Å². The van der Waals surface area contributed by atoms with E-state index in [1.54, 1.807) is 0 Å². The highest BCUT2D eigenvalue weighted by Gasteiger charge is 2.27. The van der Waals surface area contributed by atoms with Crippen LogP contribution in [0.5, 0.6) is 0 Å². The molecule has 5 nitrogen and oxygen atoms in total. The molecule has 2 aliphatic rings. The average molecular weight is 207 g/mol. The molecule has 1 saturated heterocycles. The summed E-state index contributed by atoms with van der Waals surface area (Å²) >= 11 is 0. The van der Waals surface area contributed by atoms with Gasteiger partial charge in [-0.1, -0.05) is 0 Å². The average Bonchev–Trinajstić information content (AvgIpc) is 2.41. The van der Waals surface area contributed by atoms with Crippen molar-refractivity contribution < 1.29 is 0 Å². The molecule has 15 heavy (non-hydrogen) atoms. The molecule has 3 rings (SSSR count). The van der Waals surface area contributed by atoms with E-state index in [2.05, 4.69) is 22.4 Å². The van der Waals surface area contributed by atoms with Gasteiger partial charge in [-0.3, -0.25) is 0 Å². The number of fused-ring (bicyclic) bond motifs is 1. The summed E-state index contributed by atoms with van der Waals surface area (Å²) < 4.78 is 2.01. The van der Waals surface area contributed by atoms with Gasteiger partial charge in [-0.15, -0.1) is 0 Å². The number of likely N-dealkylation sites (N-methyl/N-ethyl adjacent to an activating group) is 1. The predicted molar refractivity (Wildman–Crippen MR) is 58.6 cm³/mol. The van der Waals surface area contributed by atoms with E-state index in [1.807, 2.05) is 4.68 Å². The van der Waals surface area contributed by atoms with E-state index in [0.29, 0.717) is 6.04 Å². The van der Waals surface area contributed by atoms with Crippen LogP contribution in [-0.2, 0) is 13.0 Å². The maximum atomic E-state index is 6.13. The van der Waals surface area contributed by atoms with Gasteiger partial charge in [-0.25, -0.2) is 4.68 Å². The number of aromatic nitrogens is 2. The van der Waals surface area contributed by atoms with Crippen LogP contribution >= 0.6 is 0 Å². The van der Waals surface area contributed by atoms with Gasteiger partial charge in [0.15, 0.2) is 0 Å². The third-order valence-corrected chi connectivity index (χ3v) is 3.40. The Balaban J connectivity index is 1.96. The van der Waals surface area contributed by atoms with Gasteiger partial charge in [-0.2, -0.15) is 5.10 Å². The molecule has 3 heterocycles. The van der Waals surface area contributed by atoms with Crippen molar-refractivity contribution in [2.24, 2.45) is 0 Å². The standard InChI is InChI=1S/C10H17N5/c1-14-3-2-8-9(6-14)13-15(10(8)11)7-4-12-5-7/h7,12H,2-6,11H2,1H3. The second-order valence-corrected chi connectivity index (χ2v) is 4.55. The second kappa shape index (κ2) is 3.21. The maximum Gasteiger partial charge on any atom is 0.125 e. The van der Waals surface area contributed by atoms with Crippen molar-refractivity contribution >= 4 is 5.82 Å². The van der Waals surface area contributed by atoms with Gasteiger partial charge in [-0.05, 0) is 13.5 Å². The van der Waals surface area contributed by atoms with Crippen molar-refractivity contribution in [1.82, 2.24) is 20.0 Å². The topological polar surface area (TPSA) is 59.1 Å². The summed E-state index contributed by atoms with van der Waals surface area (Å²) in [4.78, 5) is 2.29. The van der Waals surface area contributed by atoms with Crippen molar-refractivity contribution in [3.05, 3.63) is 11.3 Å². The highest BCUT2D eigenvalue weighted by molar-refractivity contribution is 5.45. The molecule has 0 atom stereocenters. The fraction of sp³-hybridized carbons (Fsp3) is 0.700. The number of nitrogens with two attached hydrogens (primary N) is 1. The Bertz CT molecular complexity index is 379. The van der Waals surface area contributed by atoms with Crippen LogP contribution in [0.3, 0.4) is 0 Å². The van der Waals surface area contributed by atoms with E-state index < -0.39 is 0 Å². The quantitative estimate of drug-likeness (QED) is 0.658. The van der Waals surface area contributed by atoms with Gasteiger partial charge in [0, 0.05) is 31.7 Å². The molecule has 0 spiro atoms. The summed E-state index contributed by atoms with van der Waals surface area (Å²) in [5, 5.41) is 7.88. The Morgan fingerprint density at radius 2 is 2.27 bits per heavy atom. The molecular weight excluding hydrogens is 190 g/mol. The first kappa shape index (κ1) is 9.18. The molecule has 1 aromatic heterocycles. The molecule has 3 N–H and O–H groups in total. The Hall–Kier alpha value is -1.07. The minimum Gasteiger partial charge on any atom is -0.384 e. The Morgan fingerprint density at radius 1 is 1.47 bits per heavy atom. The van der Waals surface area contributed by atoms with Gasteiger partial charge in [0.25, 0.3) is 0 Å². The van der Waals surface area contributed by atoms with Crippen LogP contribution in [0.15, 0.2) is 0 Å². The molecule has 1 aromatic rings. The molecule has 2 aliphatic heterocycles. The summed E-state index contributed by atoms with van der Waals surface area (Å²) in [7, 11) is 2.13. The van der Waals surface area contributed by atoms with E-state index in [0.717, 1.165) is 38.4 Å². The molecule has 0 bridgehead atoms. The smallest absolute Gasteiger partial charge is 0.125 e. The van der Waals surface area contributed by atoms with Gasteiger partial charge < -0.3 is 16.0 Å². The first-order valence-corrected chi connectivity index (χ1v) is 5.50. The van der Waals surface area contributed by atoms with Crippen LogP contribution in [0.2, 0.25) is 0 Å². The van der Waals surface area contributed by atoms with E-state index in [-0.39, 0.29) is 0 Å². The lowest BCUT2D eigenvalue weighted by atomic mass is 10.1. The molecule has 0 radical (unpaired) electrons. The zero-order chi connectivity index (χ0) is 10.4. The van der Waals surface area contributed by atoms with Crippen molar-refractivity contribution in [2.45, 2.75) is 19.0 Å². The summed E-state index contributed by atoms with van der Waals surface area (Å²) in [6, 6.07) is 0.473. The number of nitrogens with one attached hydrogen (secondary N) is 1. The molecule has 82 valence electrons. The maximum absolute atomic E-state index is 6.13. The monoisotopic (exact) mass is 207 g/mol. The largest absolute Gasteiger partial charge is 0.384 e. The molecular formula is C10H17N5. The van der Waals surface area contributed by atoms with Crippen molar-refractivity contribution in [3.63, 3.8) is 0 Å². The van der Waals surface area contributed by atoms with Crippen LogP contribution in [0.4, 0.5) is 5.82 Å². The number of hydrogen-bond donors (Lipinski definition) is 2. The first-order valence-electron chi connectivity index (χ1n) is 5.50. The fourth-order valence-corrected chi connectivity index (χ4v) is 2.29. The van der Waals surface area contributed by atoms with E-state index in [4.69, 9.17) is 5.73 Å². The van der Waals surface area contributed by atoms with Crippen LogP contribution in [0.25, 0.3) is 0 Å². The number of rotatable bonds is 1. The SMILES string of the molecule is CN1CCc2c(nn(C3CNC3)c2N)C1. The van der Waals surface area contributed by atoms with Crippen molar-refractivity contribution in [2.75, 3.05) is 32.4 Å². The first-order chi connectivity index (χ1) is 7.25. The molecule has 0 saturated carbocycles. The highest BCUT2D eigenvalue weighted by atomic mass is 15.4. The lowest BCUT2D eigenvalue weighted by Gasteiger charge is -2.28. The molecule has 5 heteroatoms. The zero-order valence-corrected chi connectivity index (χ0v) is 9.03. The third kappa shape index (κ3) is 1.34. The van der Waals surface area contributed by atoms with Crippen LogP contribution in [0.1, 0.15) is 17.3 Å². The Morgan fingerprint density at radius 3 is 2.93 bits per heavy atom. The zero-order valence-electron chi connectivity index (χ0n) is 9.03. The second-order valence-electron chi connectivity index (χ2n) is 4.55. The van der Waals surface area contributed by atoms with Crippen LogP contribution in [-0.4, -0.2) is 41.4 Å². The number of nitrogen functional groups attached to an aromatic ring is 1. The minimum absolute atomic E-state index is 0.473. The lowest BCUT2D eigenvalue weighted by Crippen LogP contribution is -2.44. The van der Waals surface area contributed by atoms with Crippen LogP contribution < -0.4 is 11.1 Å². The molecule has 0 amide bonds. The van der Waals surface area contributed by atoms with E-state index in [9.17, 15) is 0 Å². The van der Waals surface area contributed by atoms with Gasteiger partial charge >= 0.3 is 0 Å². The molecule has 0 aliphatic carbocycles. The number of anilines is 1. The van der Waals surface area contributed by atoms with Gasteiger partial charge in [0.1, 0.15) is 5.82 Å². The Kier molecular flexibility index (Phi) is 1.97. The van der Waals surface area contributed by atoms with Crippen molar-refractivity contribution in [1.29, 1.82) is 0 Å². The minimum atomic E-state index is 0.473. The fourth-order valence-electron chi connectivity index (χ4n) is 2.29. The third-order valence-electron chi connectivity index (χ3n) is 3.40.